The molecule has 256 valence electrons. The third-order valence-corrected chi connectivity index (χ3v) is 8.87. The Morgan fingerprint density at radius 2 is 1.22 bits per heavy atom. The number of para-hydroxylation sites is 1. The van der Waals surface area contributed by atoms with Crippen molar-refractivity contribution in [3.05, 3.63) is 131 Å². The fourth-order valence-corrected chi connectivity index (χ4v) is 6.01. The summed E-state index contributed by atoms with van der Waals surface area (Å²) < 4.78 is 31.0. The number of amides is 3. The third-order valence-electron chi connectivity index (χ3n) is 7.95. The Kier molecular flexibility index (Phi) is 13.1. The lowest BCUT2D eigenvalue weighted by Crippen LogP contribution is -2.57. The minimum Gasteiger partial charge on any atom is -0.497 e. The van der Waals surface area contributed by atoms with Gasteiger partial charge in [-0.15, -0.1) is 0 Å². The van der Waals surface area contributed by atoms with Crippen molar-refractivity contribution in [3.8, 4) is 5.75 Å². The molecule has 11 nitrogen and oxygen atoms in total. The number of nitrogens with zero attached hydrogens (tertiary/aromatic N) is 1. The van der Waals surface area contributed by atoms with Crippen LogP contribution in [-0.4, -0.2) is 57.2 Å². The molecule has 0 aliphatic heterocycles. The zero-order chi connectivity index (χ0) is 35.3. The number of hydrogen-bond acceptors (Lipinski definition) is 7. The van der Waals surface area contributed by atoms with E-state index < -0.39 is 52.5 Å². The van der Waals surface area contributed by atoms with E-state index in [0.717, 1.165) is 9.87 Å². The van der Waals surface area contributed by atoms with Crippen molar-refractivity contribution in [2.45, 2.75) is 51.4 Å². The lowest BCUT2D eigenvalue weighted by Gasteiger charge is -2.28. The molecule has 12 heteroatoms. The number of thiol groups is 1. The summed E-state index contributed by atoms with van der Waals surface area (Å²) in [6.45, 7) is 3.27. The Balaban J connectivity index is 1.60. The predicted octanol–water partition coefficient (Wildman–Crippen LogP) is 3.07. The van der Waals surface area contributed by atoms with E-state index in [9.17, 15) is 27.6 Å². The first-order valence-electron chi connectivity index (χ1n) is 15.7. The first kappa shape index (κ1) is 36.3. The van der Waals surface area contributed by atoms with Crippen LogP contribution in [0.1, 0.15) is 29.2 Å². The van der Waals surface area contributed by atoms with Crippen LogP contribution in [0.5, 0.6) is 5.75 Å². The number of Topliss-reactive ketones (excluding diaryl/α,β-unsaturated/α-hetero) is 1. The first-order valence-corrected chi connectivity index (χ1v) is 16.8. The van der Waals surface area contributed by atoms with Gasteiger partial charge in [-0.2, -0.15) is 0 Å². The van der Waals surface area contributed by atoms with Crippen LogP contribution in [-0.2, 0) is 49.5 Å². The monoisotopic (exact) mass is 684 g/mol. The van der Waals surface area contributed by atoms with E-state index in [-0.39, 0.29) is 19.4 Å². The molecule has 0 unspecified atom stereocenters. The Labute approximate surface area is 287 Å². The van der Waals surface area contributed by atoms with E-state index in [1.165, 1.54) is 14.0 Å². The Morgan fingerprint density at radius 3 is 1.82 bits per heavy atom. The van der Waals surface area contributed by atoms with E-state index in [1.807, 2.05) is 36.4 Å². The maximum Gasteiger partial charge on any atom is 0.289 e. The number of ether oxygens (including phenoxy) is 1. The van der Waals surface area contributed by atoms with Crippen LogP contribution in [0, 0.1) is 6.92 Å². The molecular formula is C37H40N4O7S. The van der Waals surface area contributed by atoms with Gasteiger partial charge >= 0.3 is 0 Å². The highest BCUT2D eigenvalue weighted by molar-refractivity contribution is 7.74. The molecule has 3 atom stereocenters. The largest absolute Gasteiger partial charge is 0.497 e. The quantitative estimate of drug-likeness (QED) is 0.105. The normalized spacial score (nSPS) is 12.7. The molecule has 0 aliphatic carbocycles. The summed E-state index contributed by atoms with van der Waals surface area (Å²) in [4.78, 5) is 54.3. The molecule has 0 bridgehead atoms. The number of rotatable bonds is 16. The van der Waals surface area contributed by atoms with E-state index in [0.29, 0.717) is 28.1 Å². The number of methoxy groups -OCH3 is 1. The summed E-state index contributed by atoms with van der Waals surface area (Å²) >= 11 is 0. The second kappa shape index (κ2) is 17.6. The molecule has 0 saturated carbocycles. The highest BCUT2D eigenvalue weighted by Crippen LogP contribution is 2.22. The zero-order valence-corrected chi connectivity index (χ0v) is 28.4. The molecule has 0 heterocycles. The van der Waals surface area contributed by atoms with Crippen LogP contribution in [0.2, 0.25) is 0 Å². The number of benzene rings is 4. The average molecular weight is 685 g/mol. The lowest BCUT2D eigenvalue weighted by atomic mass is 9.99. The van der Waals surface area contributed by atoms with E-state index in [2.05, 4.69) is 16.0 Å². The summed E-state index contributed by atoms with van der Waals surface area (Å²) in [7, 11) is -1.71. The van der Waals surface area contributed by atoms with Crippen LogP contribution in [0.25, 0.3) is 0 Å². The molecule has 3 amide bonds. The highest BCUT2D eigenvalue weighted by Gasteiger charge is 2.33. The van der Waals surface area contributed by atoms with Crippen LogP contribution in [0.4, 0.5) is 5.69 Å². The number of hydrogen-bond donors (Lipinski definition) is 4. The summed E-state index contributed by atoms with van der Waals surface area (Å²) in [6.07, 6.45) is 0.0100. The summed E-state index contributed by atoms with van der Waals surface area (Å²) in [6, 6.07) is 27.9. The average Bonchev–Trinajstić information content (AvgIpc) is 3.11. The minimum atomic E-state index is -3.23. The topological polar surface area (TPSA) is 151 Å². The molecule has 0 aliphatic rings. The number of anilines is 1. The van der Waals surface area contributed by atoms with Gasteiger partial charge in [0.25, 0.3) is 5.91 Å². The van der Waals surface area contributed by atoms with Gasteiger partial charge < -0.3 is 20.7 Å². The summed E-state index contributed by atoms with van der Waals surface area (Å²) in [5.41, 5.74) is 3.12. The van der Waals surface area contributed by atoms with Crippen molar-refractivity contribution in [1.29, 1.82) is 0 Å². The second-order valence-electron chi connectivity index (χ2n) is 11.4. The minimum absolute atomic E-state index is 0.00534. The maximum atomic E-state index is 14.0. The number of carbonyl (C=O) groups is 4. The van der Waals surface area contributed by atoms with Gasteiger partial charge in [-0.05, 0) is 54.3 Å². The fraction of sp³-hybridized carbons (Fsp3) is 0.243. The number of nitrogens with one attached hydrogen (secondary N) is 3. The maximum absolute atomic E-state index is 14.0. The van der Waals surface area contributed by atoms with Crippen molar-refractivity contribution in [2.75, 3.05) is 11.4 Å². The predicted molar refractivity (Wildman–Crippen MR) is 187 cm³/mol. The summed E-state index contributed by atoms with van der Waals surface area (Å²) in [5.74, 6) is -2.60. The molecule has 0 aromatic heterocycles. The highest BCUT2D eigenvalue weighted by atomic mass is 32.2. The zero-order valence-electron chi connectivity index (χ0n) is 27.5. The van der Waals surface area contributed by atoms with Gasteiger partial charge in [0.15, 0.2) is 0 Å². The standard InChI is InChI=1S/C37H40N4O7S/c1-25-12-10-11-17-33(25)41(49(46)47)26(2)35(43)40-32(23-28-18-20-30(48-3)21-19-28)36(44)39-31(22-27-13-6-4-7-14-27)34(42)37(45)38-24-29-15-8-5-9-16-29/h4-21,26,31-32,49H,22-24H2,1-3H3,(H,38,45)(H,39,44)(H,40,43)/t26-,31-,32-/m0/s1. The Hall–Kier alpha value is -5.49. The van der Waals surface area contributed by atoms with Gasteiger partial charge in [-0.1, -0.05) is 91.0 Å². The Bertz CT molecular complexity index is 1810. The third kappa shape index (κ3) is 10.2. The first-order chi connectivity index (χ1) is 23.6. The van der Waals surface area contributed by atoms with Crippen LogP contribution >= 0.6 is 0 Å². The van der Waals surface area contributed by atoms with E-state index >= 15 is 0 Å². The van der Waals surface area contributed by atoms with Crippen LogP contribution < -0.4 is 25.0 Å². The van der Waals surface area contributed by atoms with Gasteiger partial charge in [-0.25, -0.2) is 8.42 Å². The lowest BCUT2D eigenvalue weighted by molar-refractivity contribution is -0.140. The van der Waals surface area contributed by atoms with Gasteiger partial charge in [-0.3, -0.25) is 23.5 Å². The Morgan fingerprint density at radius 1 is 0.694 bits per heavy atom. The molecule has 0 fully saturated rings. The summed E-state index contributed by atoms with van der Waals surface area (Å²) in [5, 5.41) is 8.03. The molecule has 0 saturated heterocycles. The van der Waals surface area contributed by atoms with Gasteiger partial charge in [0, 0.05) is 19.4 Å². The molecule has 3 N–H and O–H groups in total. The van der Waals surface area contributed by atoms with Gasteiger partial charge in [0.2, 0.25) is 28.5 Å². The molecule has 4 aromatic rings. The molecule has 0 spiro atoms. The number of carbonyl (C=O) groups excluding carboxylic acids is 4. The van der Waals surface area contributed by atoms with Gasteiger partial charge in [0.05, 0.1) is 12.8 Å². The molecule has 0 radical (unpaired) electrons. The van der Waals surface area contributed by atoms with Crippen LogP contribution in [0.3, 0.4) is 0 Å². The van der Waals surface area contributed by atoms with E-state index in [4.69, 9.17) is 4.74 Å². The van der Waals surface area contributed by atoms with Crippen molar-refractivity contribution in [2.24, 2.45) is 0 Å². The van der Waals surface area contributed by atoms with Crippen molar-refractivity contribution < 1.29 is 32.3 Å². The van der Waals surface area contributed by atoms with Crippen molar-refractivity contribution in [3.63, 3.8) is 0 Å². The van der Waals surface area contributed by atoms with Gasteiger partial charge in [0.1, 0.15) is 23.9 Å². The fourth-order valence-electron chi connectivity index (χ4n) is 5.22. The molecule has 4 rings (SSSR count). The van der Waals surface area contributed by atoms with E-state index in [1.54, 1.807) is 79.7 Å². The van der Waals surface area contributed by atoms with Crippen LogP contribution in [0.15, 0.2) is 109 Å². The van der Waals surface area contributed by atoms with Crippen molar-refractivity contribution >= 4 is 40.1 Å². The number of aryl methyl sites for hydroxylation is 1. The second-order valence-corrected chi connectivity index (χ2v) is 12.3. The molecule has 4 aromatic carbocycles. The smallest absolute Gasteiger partial charge is 0.289 e. The SMILES string of the molecule is COc1ccc(C[C@H](NC(=O)[C@H](C)N(c2ccccc2C)[SH](=O)=O)C(=O)N[C@@H](Cc2ccccc2)C(=O)C(=O)NCc2ccccc2)cc1. The molecule has 49 heavy (non-hydrogen) atoms. The van der Waals surface area contributed by atoms with Crippen molar-refractivity contribution in [1.82, 2.24) is 16.0 Å². The molecular weight excluding hydrogens is 644 g/mol. The number of ketones is 1.